The van der Waals surface area contributed by atoms with Crippen LogP contribution in [-0.4, -0.2) is 18.0 Å². The van der Waals surface area contributed by atoms with Crippen LogP contribution >= 0.6 is 38.9 Å². The second-order valence-corrected chi connectivity index (χ2v) is 6.53. The third-order valence-corrected chi connectivity index (χ3v) is 4.47. The molecule has 5 nitrogen and oxygen atoms in total. The number of anilines is 1. The Balaban J connectivity index is 1.78. The average Bonchev–Trinajstić information content (AvgIpc) is 3.16. The maximum absolute atomic E-state index is 12.0. The normalized spacial score (nSPS) is 10.6. The van der Waals surface area contributed by atoms with Gasteiger partial charge in [0.15, 0.2) is 9.80 Å². The molecule has 0 aliphatic heterocycles. The van der Waals surface area contributed by atoms with E-state index in [0.717, 1.165) is 11.3 Å². The molecule has 118 valence electrons. The van der Waals surface area contributed by atoms with E-state index in [1.54, 1.807) is 25.3 Å². The number of carbonyl (C=O) groups is 1. The minimum absolute atomic E-state index is 0.284. The van der Waals surface area contributed by atoms with Gasteiger partial charge in [-0.25, -0.2) is 4.98 Å². The van der Waals surface area contributed by atoms with Crippen molar-refractivity contribution in [2.45, 2.75) is 0 Å². The standard InChI is InChI=1S/C15H10BrClN2O3S/c1-21-12-3-2-8(4-10(12)17)11-7-23-15(18-11)19-14(20)9-5-13(16)22-6-9/h2-7H,1H3,(H,18,19,20). The van der Waals surface area contributed by atoms with Gasteiger partial charge in [-0.1, -0.05) is 11.6 Å². The van der Waals surface area contributed by atoms with Gasteiger partial charge in [-0.15, -0.1) is 11.3 Å². The molecule has 1 amide bonds. The largest absolute Gasteiger partial charge is 0.495 e. The fourth-order valence-electron chi connectivity index (χ4n) is 1.89. The maximum Gasteiger partial charge on any atom is 0.260 e. The van der Waals surface area contributed by atoms with E-state index in [1.807, 2.05) is 11.4 Å². The lowest BCUT2D eigenvalue weighted by Crippen LogP contribution is -2.10. The summed E-state index contributed by atoms with van der Waals surface area (Å²) < 4.78 is 10.7. The third kappa shape index (κ3) is 3.57. The Morgan fingerprint density at radius 2 is 2.26 bits per heavy atom. The Hall–Kier alpha value is -1.83. The molecular weight excluding hydrogens is 404 g/mol. The van der Waals surface area contributed by atoms with E-state index >= 15 is 0 Å². The number of methoxy groups -OCH3 is 1. The number of halogens is 2. The highest BCUT2D eigenvalue weighted by atomic mass is 79.9. The Labute approximate surface area is 149 Å². The zero-order valence-corrected chi connectivity index (χ0v) is 15.0. The van der Waals surface area contributed by atoms with Crippen LogP contribution in [0.15, 0.2) is 45.0 Å². The molecule has 0 aliphatic carbocycles. The van der Waals surface area contributed by atoms with Gasteiger partial charge in [0.1, 0.15) is 12.0 Å². The Bertz CT molecular complexity index is 862. The van der Waals surface area contributed by atoms with Gasteiger partial charge in [0, 0.05) is 17.0 Å². The third-order valence-electron chi connectivity index (χ3n) is 3.00. The number of hydrogen-bond acceptors (Lipinski definition) is 5. The summed E-state index contributed by atoms with van der Waals surface area (Å²) in [6, 6.07) is 7.00. The Morgan fingerprint density at radius 1 is 1.43 bits per heavy atom. The summed E-state index contributed by atoms with van der Waals surface area (Å²) in [6.07, 6.45) is 1.37. The van der Waals surface area contributed by atoms with Crippen LogP contribution in [0.1, 0.15) is 10.4 Å². The van der Waals surface area contributed by atoms with Crippen molar-refractivity contribution < 1.29 is 13.9 Å². The highest BCUT2D eigenvalue weighted by Gasteiger charge is 2.13. The molecule has 0 spiro atoms. The lowest BCUT2D eigenvalue weighted by Gasteiger charge is -2.04. The van der Waals surface area contributed by atoms with Crippen molar-refractivity contribution in [2.75, 3.05) is 12.4 Å². The van der Waals surface area contributed by atoms with E-state index in [9.17, 15) is 4.79 Å². The van der Waals surface area contributed by atoms with Crippen LogP contribution < -0.4 is 10.1 Å². The smallest absolute Gasteiger partial charge is 0.260 e. The predicted octanol–water partition coefficient (Wildman–Crippen LogP) is 5.08. The van der Waals surface area contributed by atoms with Gasteiger partial charge in [-0.3, -0.25) is 10.1 Å². The van der Waals surface area contributed by atoms with Crippen molar-refractivity contribution in [2.24, 2.45) is 0 Å². The molecule has 3 rings (SSSR count). The number of hydrogen-bond donors (Lipinski definition) is 1. The molecule has 0 saturated carbocycles. The highest BCUT2D eigenvalue weighted by molar-refractivity contribution is 9.10. The van der Waals surface area contributed by atoms with Gasteiger partial charge in [0.05, 0.1) is 23.4 Å². The van der Waals surface area contributed by atoms with Crippen LogP contribution in [0.25, 0.3) is 11.3 Å². The van der Waals surface area contributed by atoms with E-state index in [1.165, 1.54) is 17.6 Å². The number of aromatic nitrogens is 1. The molecule has 0 radical (unpaired) electrons. The minimum atomic E-state index is -0.284. The monoisotopic (exact) mass is 412 g/mol. The van der Waals surface area contributed by atoms with Crippen LogP contribution in [-0.2, 0) is 0 Å². The number of nitrogens with one attached hydrogen (secondary N) is 1. The van der Waals surface area contributed by atoms with Crippen molar-refractivity contribution in [3.63, 3.8) is 0 Å². The first-order valence-electron chi connectivity index (χ1n) is 6.41. The summed E-state index contributed by atoms with van der Waals surface area (Å²) in [5.74, 6) is 0.317. The van der Waals surface area contributed by atoms with Crippen LogP contribution in [0, 0.1) is 0 Å². The number of amides is 1. The zero-order chi connectivity index (χ0) is 16.4. The summed E-state index contributed by atoms with van der Waals surface area (Å²) in [5.41, 5.74) is 1.99. The molecule has 0 unspecified atom stereocenters. The maximum atomic E-state index is 12.0. The summed E-state index contributed by atoms with van der Waals surface area (Å²) in [5, 5.41) is 5.58. The van der Waals surface area contributed by atoms with Gasteiger partial charge in [-0.05, 0) is 34.1 Å². The molecule has 0 atom stereocenters. The van der Waals surface area contributed by atoms with Gasteiger partial charge in [-0.2, -0.15) is 0 Å². The molecule has 1 N–H and O–H groups in total. The number of carbonyl (C=O) groups excluding carboxylic acids is 1. The number of benzene rings is 1. The molecule has 0 fully saturated rings. The van der Waals surface area contributed by atoms with Gasteiger partial charge in [0.2, 0.25) is 0 Å². The van der Waals surface area contributed by atoms with Gasteiger partial charge < -0.3 is 9.15 Å². The van der Waals surface area contributed by atoms with Crippen LogP contribution in [0.3, 0.4) is 0 Å². The summed E-state index contributed by atoms with van der Waals surface area (Å²) in [7, 11) is 1.56. The lowest BCUT2D eigenvalue weighted by molar-refractivity contribution is 0.102. The van der Waals surface area contributed by atoms with E-state index in [4.69, 9.17) is 20.8 Å². The van der Waals surface area contributed by atoms with Crippen molar-refractivity contribution >= 4 is 49.9 Å². The van der Waals surface area contributed by atoms with Gasteiger partial charge in [0.25, 0.3) is 5.91 Å². The molecule has 8 heteroatoms. The summed E-state index contributed by atoms with van der Waals surface area (Å²) in [4.78, 5) is 16.4. The second-order valence-electron chi connectivity index (χ2n) is 4.48. The first-order chi connectivity index (χ1) is 11.1. The number of rotatable bonds is 4. The van der Waals surface area contributed by atoms with Crippen molar-refractivity contribution in [3.05, 3.63) is 51.2 Å². The lowest BCUT2D eigenvalue weighted by atomic mass is 10.2. The Morgan fingerprint density at radius 3 is 2.91 bits per heavy atom. The highest BCUT2D eigenvalue weighted by Crippen LogP contribution is 2.31. The quantitative estimate of drug-likeness (QED) is 0.648. The summed E-state index contributed by atoms with van der Waals surface area (Å²) in [6.45, 7) is 0. The van der Waals surface area contributed by atoms with Gasteiger partial charge >= 0.3 is 0 Å². The summed E-state index contributed by atoms with van der Waals surface area (Å²) >= 11 is 10.6. The van der Waals surface area contributed by atoms with E-state index < -0.39 is 0 Å². The average molecular weight is 414 g/mol. The van der Waals surface area contributed by atoms with Crippen molar-refractivity contribution in [1.29, 1.82) is 0 Å². The molecule has 0 saturated heterocycles. The first kappa shape index (κ1) is 16.0. The molecule has 0 bridgehead atoms. The molecule has 23 heavy (non-hydrogen) atoms. The molecule has 3 aromatic rings. The zero-order valence-electron chi connectivity index (χ0n) is 11.8. The number of thiazole rings is 1. The topological polar surface area (TPSA) is 64.4 Å². The van der Waals surface area contributed by atoms with Crippen molar-refractivity contribution in [3.8, 4) is 17.0 Å². The molecule has 2 heterocycles. The number of ether oxygens (including phenoxy) is 1. The number of nitrogens with zero attached hydrogens (tertiary/aromatic N) is 1. The van der Waals surface area contributed by atoms with Crippen LogP contribution in [0.2, 0.25) is 5.02 Å². The first-order valence-corrected chi connectivity index (χ1v) is 8.46. The molecule has 0 aliphatic rings. The van der Waals surface area contributed by atoms with Crippen LogP contribution in [0.5, 0.6) is 5.75 Å². The molecular formula is C15H10BrClN2O3S. The fourth-order valence-corrected chi connectivity index (χ4v) is 3.20. The number of furan rings is 1. The van der Waals surface area contributed by atoms with Crippen molar-refractivity contribution in [1.82, 2.24) is 4.98 Å². The fraction of sp³-hybridized carbons (Fsp3) is 0.0667. The van der Waals surface area contributed by atoms with E-state index in [2.05, 4.69) is 26.2 Å². The van der Waals surface area contributed by atoms with E-state index in [0.29, 0.717) is 26.1 Å². The van der Waals surface area contributed by atoms with E-state index in [-0.39, 0.29) is 5.91 Å². The predicted molar refractivity (Wildman–Crippen MR) is 93.5 cm³/mol. The second kappa shape index (κ2) is 6.74. The molecule has 1 aromatic carbocycles. The van der Waals surface area contributed by atoms with Crippen LogP contribution in [0.4, 0.5) is 5.13 Å². The minimum Gasteiger partial charge on any atom is -0.495 e. The Kier molecular flexibility index (Phi) is 4.70. The molecule has 2 aromatic heterocycles. The SMILES string of the molecule is COc1ccc(-c2csc(NC(=O)c3coc(Br)c3)n2)cc1Cl.